The van der Waals surface area contributed by atoms with Gasteiger partial charge in [0.15, 0.2) is 0 Å². The topological polar surface area (TPSA) is 61.3 Å². The molecule has 0 aliphatic heterocycles. The second kappa shape index (κ2) is 7.12. The van der Waals surface area contributed by atoms with E-state index in [0.29, 0.717) is 11.1 Å². The number of pyridine rings is 1. The number of rotatable bonds is 3. The van der Waals surface area contributed by atoms with Crippen LogP contribution in [-0.2, 0) is 0 Å². The molecule has 2 aromatic heterocycles. The smallest absolute Gasteiger partial charge is 0.137 e. The van der Waals surface area contributed by atoms with Crippen molar-refractivity contribution in [2.24, 2.45) is 5.73 Å². The zero-order valence-corrected chi connectivity index (χ0v) is 16.2. The summed E-state index contributed by atoms with van der Waals surface area (Å²) in [5, 5.41) is 3.55. The maximum atomic E-state index is 6.57. The number of aromatic nitrogens is 1. The van der Waals surface area contributed by atoms with Crippen molar-refractivity contribution in [3.63, 3.8) is 0 Å². The summed E-state index contributed by atoms with van der Waals surface area (Å²) in [4.78, 5) is 4.37. The van der Waals surface area contributed by atoms with Gasteiger partial charge in [0.25, 0.3) is 0 Å². The van der Waals surface area contributed by atoms with Crippen LogP contribution in [0.4, 0.5) is 0 Å². The Bertz CT molecular complexity index is 1110. The highest BCUT2D eigenvalue weighted by Gasteiger charge is 2.21. The van der Waals surface area contributed by atoms with Gasteiger partial charge in [0.1, 0.15) is 17.1 Å². The van der Waals surface area contributed by atoms with Crippen molar-refractivity contribution in [1.82, 2.24) is 4.98 Å². The predicted molar refractivity (Wildman–Crippen MR) is 113 cm³/mol. The maximum Gasteiger partial charge on any atom is 0.137 e. The van der Waals surface area contributed by atoms with Crippen molar-refractivity contribution in [3.05, 3.63) is 59.9 Å². The van der Waals surface area contributed by atoms with Gasteiger partial charge in [0.2, 0.25) is 0 Å². The first-order valence-electron chi connectivity index (χ1n) is 9.66. The molecule has 5 heteroatoms. The summed E-state index contributed by atoms with van der Waals surface area (Å²) in [5.41, 5.74) is 7.77. The van der Waals surface area contributed by atoms with Crippen LogP contribution in [0.5, 0.6) is 5.75 Å². The number of nitrogens with zero attached hydrogens (tertiary/aromatic N) is 1. The third kappa shape index (κ3) is 3.23. The number of hydrogen-bond donors (Lipinski definition) is 1. The number of fused-ring (bicyclic) bond motifs is 2. The van der Waals surface area contributed by atoms with Gasteiger partial charge in [0, 0.05) is 40.2 Å². The lowest BCUT2D eigenvalue weighted by molar-refractivity contribution is 0.147. The molecule has 0 amide bonds. The van der Waals surface area contributed by atoms with E-state index in [1.165, 1.54) is 0 Å². The molecule has 28 heavy (non-hydrogen) atoms. The van der Waals surface area contributed by atoms with Gasteiger partial charge in [-0.1, -0.05) is 29.8 Å². The Morgan fingerprint density at radius 3 is 2.64 bits per heavy atom. The van der Waals surface area contributed by atoms with Crippen LogP contribution in [-0.4, -0.2) is 17.1 Å². The highest BCUT2D eigenvalue weighted by molar-refractivity contribution is 6.36. The number of ether oxygens (including phenoxy) is 1. The van der Waals surface area contributed by atoms with Crippen LogP contribution in [0.3, 0.4) is 0 Å². The molecule has 0 unspecified atom stereocenters. The molecular formula is C23H21ClN2O2. The third-order valence-corrected chi connectivity index (χ3v) is 5.83. The van der Waals surface area contributed by atoms with E-state index in [0.717, 1.165) is 64.5 Å². The van der Waals surface area contributed by atoms with Crippen LogP contribution in [0.15, 0.2) is 59.3 Å². The Balaban J connectivity index is 1.57. The fraction of sp³-hybridized carbons (Fsp3) is 0.261. The van der Waals surface area contributed by atoms with Crippen molar-refractivity contribution in [1.29, 1.82) is 0 Å². The van der Waals surface area contributed by atoms with Crippen LogP contribution in [0.2, 0.25) is 5.02 Å². The lowest BCUT2D eigenvalue weighted by atomic mass is 9.93. The molecule has 1 saturated carbocycles. The predicted octanol–water partition coefficient (Wildman–Crippen LogP) is 5.95. The first-order valence-corrected chi connectivity index (χ1v) is 10.0. The van der Waals surface area contributed by atoms with E-state index in [9.17, 15) is 0 Å². The first kappa shape index (κ1) is 17.5. The van der Waals surface area contributed by atoms with Crippen LogP contribution in [0.25, 0.3) is 33.1 Å². The Morgan fingerprint density at radius 1 is 1.00 bits per heavy atom. The van der Waals surface area contributed by atoms with Gasteiger partial charge >= 0.3 is 0 Å². The van der Waals surface area contributed by atoms with Crippen LogP contribution >= 0.6 is 11.6 Å². The Labute approximate surface area is 168 Å². The average molecular weight is 393 g/mol. The van der Waals surface area contributed by atoms with Gasteiger partial charge in [-0.15, -0.1) is 0 Å². The van der Waals surface area contributed by atoms with E-state index in [2.05, 4.69) is 4.98 Å². The van der Waals surface area contributed by atoms with Crippen LogP contribution in [0.1, 0.15) is 25.7 Å². The monoisotopic (exact) mass is 392 g/mol. The maximum absolute atomic E-state index is 6.57. The molecule has 1 fully saturated rings. The Morgan fingerprint density at radius 2 is 1.82 bits per heavy atom. The zero-order valence-electron chi connectivity index (χ0n) is 15.4. The molecule has 1 aliphatic rings. The summed E-state index contributed by atoms with van der Waals surface area (Å²) in [6, 6.07) is 14.2. The van der Waals surface area contributed by atoms with Crippen molar-refractivity contribution in [3.8, 4) is 17.1 Å². The number of hydrogen-bond acceptors (Lipinski definition) is 4. The lowest BCUT2D eigenvalue weighted by Crippen LogP contribution is -2.31. The number of halogens is 1. The number of benzene rings is 2. The van der Waals surface area contributed by atoms with E-state index in [1.807, 2.05) is 48.7 Å². The second-order valence-electron chi connectivity index (χ2n) is 7.49. The van der Waals surface area contributed by atoms with Crippen molar-refractivity contribution < 1.29 is 9.15 Å². The first-order chi connectivity index (χ1) is 13.7. The minimum atomic E-state index is 0.185. The molecule has 0 spiro atoms. The molecule has 2 heterocycles. The van der Waals surface area contributed by atoms with Gasteiger partial charge < -0.3 is 14.9 Å². The minimum Gasteiger partial charge on any atom is -0.490 e. The van der Waals surface area contributed by atoms with Crippen LogP contribution in [0, 0.1) is 0 Å². The molecule has 0 atom stereocenters. The Hall–Kier alpha value is -2.56. The van der Waals surface area contributed by atoms with Gasteiger partial charge in [-0.25, -0.2) is 0 Å². The largest absolute Gasteiger partial charge is 0.490 e. The third-order valence-electron chi connectivity index (χ3n) is 5.51. The minimum absolute atomic E-state index is 0.185. The normalized spacial score (nSPS) is 19.9. The number of furan rings is 1. The zero-order chi connectivity index (χ0) is 19.1. The molecule has 5 rings (SSSR count). The Kier molecular flexibility index (Phi) is 4.46. The van der Waals surface area contributed by atoms with Gasteiger partial charge in [-0.2, -0.15) is 0 Å². The summed E-state index contributed by atoms with van der Waals surface area (Å²) in [6.07, 6.45) is 7.74. The average Bonchev–Trinajstić information content (AvgIpc) is 3.13. The molecule has 4 aromatic rings. The molecule has 0 radical (unpaired) electrons. The van der Waals surface area contributed by atoms with Crippen molar-refractivity contribution in [2.75, 3.05) is 0 Å². The van der Waals surface area contributed by atoms with Crippen molar-refractivity contribution in [2.45, 2.75) is 37.8 Å². The van der Waals surface area contributed by atoms with Gasteiger partial charge in [0.05, 0.1) is 11.1 Å². The molecular weight excluding hydrogens is 372 g/mol. The van der Waals surface area contributed by atoms with E-state index < -0.39 is 0 Å². The molecule has 4 nitrogen and oxygen atoms in total. The number of nitrogens with two attached hydrogens (primary N) is 1. The highest BCUT2D eigenvalue weighted by atomic mass is 35.5. The fourth-order valence-corrected chi connectivity index (χ4v) is 4.24. The highest BCUT2D eigenvalue weighted by Crippen LogP contribution is 2.37. The standard InChI is InChI=1S/C23H21ClN2O2/c24-21-11-17(27-16-7-5-15(25)6-8-16)10-18-19(21)12-26-13-20(18)23-9-14-3-1-2-4-22(14)28-23/h1-4,9-13,15-16H,5-8,25H2. The fourth-order valence-electron chi connectivity index (χ4n) is 3.98. The van der Waals surface area contributed by atoms with E-state index in [-0.39, 0.29) is 6.10 Å². The molecule has 2 N–H and O–H groups in total. The van der Waals surface area contributed by atoms with Gasteiger partial charge in [-0.05, 0) is 49.9 Å². The lowest BCUT2D eigenvalue weighted by Gasteiger charge is -2.27. The molecule has 2 aromatic carbocycles. The summed E-state index contributed by atoms with van der Waals surface area (Å²) >= 11 is 6.57. The quantitative estimate of drug-likeness (QED) is 0.468. The molecule has 142 valence electrons. The van der Waals surface area contributed by atoms with E-state index in [1.54, 1.807) is 6.20 Å². The number of para-hydroxylation sites is 1. The summed E-state index contributed by atoms with van der Waals surface area (Å²) in [5.74, 6) is 1.55. The molecule has 1 aliphatic carbocycles. The second-order valence-corrected chi connectivity index (χ2v) is 7.90. The van der Waals surface area contributed by atoms with E-state index >= 15 is 0 Å². The van der Waals surface area contributed by atoms with Crippen molar-refractivity contribution >= 4 is 33.3 Å². The molecule has 0 saturated heterocycles. The van der Waals surface area contributed by atoms with E-state index in [4.69, 9.17) is 26.5 Å². The summed E-state index contributed by atoms with van der Waals surface area (Å²) < 4.78 is 12.3. The summed E-state index contributed by atoms with van der Waals surface area (Å²) in [7, 11) is 0. The SMILES string of the molecule is NC1CCC(Oc2cc(Cl)c3cncc(-c4cc5ccccc5o4)c3c2)CC1. The van der Waals surface area contributed by atoms with Gasteiger partial charge in [-0.3, -0.25) is 4.98 Å². The molecule has 0 bridgehead atoms. The summed E-state index contributed by atoms with van der Waals surface area (Å²) in [6.45, 7) is 0. The van der Waals surface area contributed by atoms with Crippen LogP contribution < -0.4 is 10.5 Å².